The third kappa shape index (κ3) is 3.92. The summed E-state index contributed by atoms with van der Waals surface area (Å²) in [6.45, 7) is 4.06. The van der Waals surface area contributed by atoms with Crippen molar-refractivity contribution < 1.29 is 9.53 Å². The van der Waals surface area contributed by atoms with Crippen LogP contribution in [0.15, 0.2) is 18.5 Å². The lowest BCUT2D eigenvalue weighted by Gasteiger charge is -2.21. The first kappa shape index (κ1) is 15.7. The number of aromatic nitrogens is 1. The molecule has 1 saturated heterocycles. The SMILES string of the molecule is CCCNC1COCC1C(=O)Nc1cnccc1N(C)C. The van der Waals surface area contributed by atoms with E-state index in [0.29, 0.717) is 13.2 Å². The van der Waals surface area contributed by atoms with Crippen LogP contribution in [0.3, 0.4) is 0 Å². The van der Waals surface area contributed by atoms with E-state index < -0.39 is 0 Å². The maximum absolute atomic E-state index is 12.5. The molecule has 1 amide bonds. The second-order valence-corrected chi connectivity index (χ2v) is 5.48. The molecule has 0 saturated carbocycles. The molecule has 116 valence electrons. The molecule has 0 aliphatic carbocycles. The van der Waals surface area contributed by atoms with Crippen molar-refractivity contribution in [2.75, 3.05) is 44.1 Å². The zero-order chi connectivity index (χ0) is 15.2. The third-order valence-electron chi connectivity index (χ3n) is 3.61. The van der Waals surface area contributed by atoms with Crippen molar-refractivity contribution in [3.8, 4) is 0 Å². The molecule has 21 heavy (non-hydrogen) atoms. The number of hydrogen-bond acceptors (Lipinski definition) is 5. The van der Waals surface area contributed by atoms with E-state index in [4.69, 9.17) is 4.74 Å². The Morgan fingerprint density at radius 3 is 3.00 bits per heavy atom. The average Bonchev–Trinajstić information content (AvgIpc) is 2.94. The lowest BCUT2D eigenvalue weighted by atomic mass is 10.0. The van der Waals surface area contributed by atoms with Gasteiger partial charge < -0.3 is 20.3 Å². The predicted octanol–water partition coefficient (Wildman–Crippen LogP) is 1.10. The van der Waals surface area contributed by atoms with Crippen LogP contribution in [0.2, 0.25) is 0 Å². The van der Waals surface area contributed by atoms with Crippen LogP contribution in [-0.2, 0) is 9.53 Å². The Bertz CT molecular complexity index is 478. The number of nitrogens with one attached hydrogen (secondary N) is 2. The van der Waals surface area contributed by atoms with Gasteiger partial charge in [0, 0.05) is 26.3 Å². The molecule has 6 heteroatoms. The minimum Gasteiger partial charge on any atom is -0.379 e. The zero-order valence-electron chi connectivity index (χ0n) is 12.9. The van der Waals surface area contributed by atoms with Crippen molar-refractivity contribution in [3.05, 3.63) is 18.5 Å². The average molecular weight is 292 g/mol. The molecule has 2 heterocycles. The first-order valence-corrected chi connectivity index (χ1v) is 7.36. The number of carbonyl (C=O) groups excluding carboxylic acids is 1. The number of hydrogen-bond donors (Lipinski definition) is 2. The van der Waals surface area contributed by atoms with E-state index in [0.717, 1.165) is 24.3 Å². The molecule has 0 spiro atoms. The summed E-state index contributed by atoms with van der Waals surface area (Å²) in [5.74, 6) is -0.177. The van der Waals surface area contributed by atoms with E-state index in [1.165, 1.54) is 0 Å². The van der Waals surface area contributed by atoms with Crippen LogP contribution < -0.4 is 15.5 Å². The number of rotatable bonds is 6. The smallest absolute Gasteiger partial charge is 0.231 e. The van der Waals surface area contributed by atoms with Crippen LogP contribution in [0.4, 0.5) is 11.4 Å². The molecule has 1 aromatic heterocycles. The highest BCUT2D eigenvalue weighted by Crippen LogP contribution is 2.24. The van der Waals surface area contributed by atoms with Gasteiger partial charge in [-0.3, -0.25) is 9.78 Å². The van der Waals surface area contributed by atoms with Crippen molar-refractivity contribution >= 4 is 17.3 Å². The highest BCUT2D eigenvalue weighted by atomic mass is 16.5. The number of anilines is 2. The van der Waals surface area contributed by atoms with Gasteiger partial charge in [-0.25, -0.2) is 0 Å². The Labute approximate surface area is 125 Å². The fraction of sp³-hybridized carbons (Fsp3) is 0.600. The molecular weight excluding hydrogens is 268 g/mol. The Balaban J connectivity index is 2.04. The summed E-state index contributed by atoms with van der Waals surface area (Å²) in [5.41, 5.74) is 1.67. The van der Waals surface area contributed by atoms with E-state index >= 15 is 0 Å². The molecule has 1 aromatic rings. The van der Waals surface area contributed by atoms with Gasteiger partial charge in [0.15, 0.2) is 0 Å². The molecule has 0 radical (unpaired) electrons. The number of carbonyl (C=O) groups is 1. The van der Waals surface area contributed by atoms with Crippen LogP contribution in [0, 0.1) is 5.92 Å². The second kappa shape index (κ2) is 7.38. The summed E-state index contributed by atoms with van der Waals surface area (Å²) < 4.78 is 5.45. The number of nitrogens with zero attached hydrogens (tertiary/aromatic N) is 2. The molecule has 0 aromatic carbocycles. The monoisotopic (exact) mass is 292 g/mol. The Hall–Kier alpha value is -1.66. The van der Waals surface area contributed by atoms with Gasteiger partial charge in [-0.1, -0.05) is 6.92 Å². The Morgan fingerprint density at radius 2 is 2.29 bits per heavy atom. The number of pyridine rings is 1. The zero-order valence-corrected chi connectivity index (χ0v) is 12.9. The van der Waals surface area contributed by atoms with Gasteiger partial charge >= 0.3 is 0 Å². The third-order valence-corrected chi connectivity index (χ3v) is 3.61. The van der Waals surface area contributed by atoms with Crippen LogP contribution in [-0.4, -0.2) is 50.8 Å². The standard InChI is InChI=1S/C15H24N4O2/c1-4-6-17-13-10-21-9-11(13)15(20)18-12-8-16-7-5-14(12)19(2)3/h5,7-8,11,13,17H,4,6,9-10H2,1-3H3,(H,18,20). The molecule has 1 aliphatic heterocycles. The van der Waals surface area contributed by atoms with Crippen LogP contribution in [0.1, 0.15) is 13.3 Å². The van der Waals surface area contributed by atoms with E-state index in [-0.39, 0.29) is 17.9 Å². The van der Waals surface area contributed by atoms with Gasteiger partial charge in [0.2, 0.25) is 5.91 Å². The van der Waals surface area contributed by atoms with E-state index in [1.54, 1.807) is 12.4 Å². The fourth-order valence-corrected chi connectivity index (χ4v) is 2.44. The van der Waals surface area contributed by atoms with Gasteiger partial charge in [-0.2, -0.15) is 0 Å². The molecule has 2 rings (SSSR count). The lowest BCUT2D eigenvalue weighted by molar-refractivity contribution is -0.120. The summed E-state index contributed by atoms with van der Waals surface area (Å²) >= 11 is 0. The number of ether oxygens (including phenoxy) is 1. The molecule has 6 nitrogen and oxygen atoms in total. The summed E-state index contributed by atoms with van der Waals surface area (Å²) in [5, 5.41) is 6.35. The summed E-state index contributed by atoms with van der Waals surface area (Å²) in [6, 6.07) is 1.97. The van der Waals surface area contributed by atoms with Crippen LogP contribution >= 0.6 is 0 Å². The van der Waals surface area contributed by atoms with Gasteiger partial charge in [0.25, 0.3) is 0 Å². The summed E-state index contributed by atoms with van der Waals surface area (Å²) in [4.78, 5) is 18.5. The normalized spacial score (nSPS) is 21.3. The molecule has 1 fully saturated rings. The van der Waals surface area contributed by atoms with E-state index in [9.17, 15) is 4.79 Å². The van der Waals surface area contributed by atoms with Crippen molar-refractivity contribution in [1.82, 2.24) is 10.3 Å². The quantitative estimate of drug-likeness (QED) is 0.822. The van der Waals surface area contributed by atoms with Gasteiger partial charge in [0.05, 0.1) is 36.7 Å². The largest absolute Gasteiger partial charge is 0.379 e. The van der Waals surface area contributed by atoms with E-state index in [2.05, 4.69) is 22.5 Å². The minimum absolute atomic E-state index is 0.0165. The summed E-state index contributed by atoms with van der Waals surface area (Å²) in [7, 11) is 3.88. The minimum atomic E-state index is -0.160. The van der Waals surface area contributed by atoms with Gasteiger partial charge in [-0.05, 0) is 19.0 Å². The van der Waals surface area contributed by atoms with Crippen molar-refractivity contribution in [3.63, 3.8) is 0 Å². The van der Waals surface area contributed by atoms with Crippen molar-refractivity contribution in [1.29, 1.82) is 0 Å². The summed E-state index contributed by atoms with van der Waals surface area (Å²) in [6.07, 6.45) is 4.44. The molecule has 1 aliphatic rings. The maximum atomic E-state index is 12.5. The topological polar surface area (TPSA) is 66.5 Å². The van der Waals surface area contributed by atoms with Crippen molar-refractivity contribution in [2.45, 2.75) is 19.4 Å². The highest BCUT2D eigenvalue weighted by molar-refractivity contribution is 5.96. The van der Waals surface area contributed by atoms with Crippen LogP contribution in [0.5, 0.6) is 0 Å². The maximum Gasteiger partial charge on any atom is 0.231 e. The molecule has 2 N–H and O–H groups in total. The molecule has 2 unspecified atom stereocenters. The lowest BCUT2D eigenvalue weighted by Crippen LogP contribution is -2.41. The van der Waals surface area contributed by atoms with Crippen LogP contribution in [0.25, 0.3) is 0 Å². The van der Waals surface area contributed by atoms with Crippen molar-refractivity contribution in [2.24, 2.45) is 5.92 Å². The second-order valence-electron chi connectivity index (χ2n) is 5.48. The predicted molar refractivity (Wildman–Crippen MR) is 83.6 cm³/mol. The van der Waals surface area contributed by atoms with Gasteiger partial charge in [0.1, 0.15) is 0 Å². The Morgan fingerprint density at radius 1 is 1.48 bits per heavy atom. The molecular formula is C15H24N4O2. The fourth-order valence-electron chi connectivity index (χ4n) is 2.44. The van der Waals surface area contributed by atoms with E-state index in [1.807, 2.05) is 25.1 Å². The molecule has 0 bridgehead atoms. The number of amides is 1. The highest BCUT2D eigenvalue weighted by Gasteiger charge is 2.33. The van der Waals surface area contributed by atoms with Gasteiger partial charge in [-0.15, -0.1) is 0 Å². The Kier molecular flexibility index (Phi) is 5.52. The first-order valence-electron chi connectivity index (χ1n) is 7.36. The first-order chi connectivity index (χ1) is 10.1. The molecule has 2 atom stereocenters.